The van der Waals surface area contributed by atoms with Gasteiger partial charge >= 0.3 is 0 Å². The number of nitrogens with zero attached hydrogens (tertiary/aromatic N) is 1. The molecule has 2 aromatic carbocycles. The number of phenolic OH excluding ortho intramolecular Hbond substituents is 1. The average Bonchev–Trinajstić information content (AvgIpc) is 2.95. The van der Waals surface area contributed by atoms with Crippen molar-refractivity contribution < 1.29 is 15.1 Å². The van der Waals surface area contributed by atoms with Crippen molar-refractivity contribution in [1.82, 2.24) is 10.9 Å². The van der Waals surface area contributed by atoms with Gasteiger partial charge in [-0.3, -0.25) is 10.1 Å². The third-order valence-electron chi connectivity index (χ3n) is 4.58. The molecule has 0 bridgehead atoms. The lowest BCUT2D eigenvalue weighted by Crippen LogP contribution is -2.34. The van der Waals surface area contributed by atoms with Gasteiger partial charge < -0.3 is 10.2 Å². The molecular weight excluding hydrogens is 381 g/mol. The second kappa shape index (κ2) is 7.77. The van der Waals surface area contributed by atoms with Crippen LogP contribution in [0.25, 0.3) is 0 Å². The third-order valence-corrected chi connectivity index (χ3v) is 5.14. The summed E-state index contributed by atoms with van der Waals surface area (Å²) in [6.45, 7) is -0.434. The minimum absolute atomic E-state index is 0.0351. The van der Waals surface area contributed by atoms with Gasteiger partial charge in [0, 0.05) is 26.4 Å². The molecule has 4 unspecified atom stereocenters. The summed E-state index contributed by atoms with van der Waals surface area (Å²) in [5.41, 5.74) is 6.66. The van der Waals surface area contributed by atoms with E-state index < -0.39 is 35.6 Å². The zero-order valence-electron chi connectivity index (χ0n) is 13.5. The summed E-state index contributed by atoms with van der Waals surface area (Å²) in [5, 5.41) is 32.6. The first kappa shape index (κ1) is 18.9. The van der Waals surface area contributed by atoms with Crippen molar-refractivity contribution >= 4 is 23.2 Å². The number of nitrogens with one attached hydrogen (secondary N) is 2. The quantitative estimate of drug-likeness (QED) is 0.456. The number of aliphatic hydroxyl groups excluding tert-OH is 1. The maximum Gasteiger partial charge on any atom is 0.211 e. The van der Waals surface area contributed by atoms with E-state index in [4.69, 9.17) is 23.2 Å². The smallest absolute Gasteiger partial charge is 0.211 e. The predicted octanol–water partition coefficient (Wildman–Crippen LogP) is 2.84. The molecule has 0 spiro atoms. The van der Waals surface area contributed by atoms with E-state index in [1.54, 1.807) is 30.3 Å². The number of aliphatic hydroxyl groups is 1. The molecule has 0 aromatic heterocycles. The van der Waals surface area contributed by atoms with Crippen molar-refractivity contribution in [3.05, 3.63) is 73.8 Å². The molecule has 138 valence electrons. The van der Waals surface area contributed by atoms with E-state index in [0.717, 1.165) is 0 Å². The lowest BCUT2D eigenvalue weighted by Gasteiger charge is -2.28. The van der Waals surface area contributed by atoms with Crippen molar-refractivity contribution in [2.45, 2.75) is 18.2 Å². The molecule has 0 aliphatic carbocycles. The first-order valence-electron chi connectivity index (χ1n) is 7.92. The second-order valence-corrected chi connectivity index (χ2v) is 6.98. The fourth-order valence-electron chi connectivity index (χ4n) is 3.43. The Labute approximate surface area is 159 Å². The largest absolute Gasteiger partial charge is 0.508 e. The summed E-state index contributed by atoms with van der Waals surface area (Å²) in [6.07, 6.45) is -1.07. The number of nitro groups is 1. The topological polar surface area (TPSA) is 108 Å². The molecular formula is C17H17Cl2N3O4. The van der Waals surface area contributed by atoms with E-state index in [2.05, 4.69) is 10.9 Å². The molecule has 1 fully saturated rings. The van der Waals surface area contributed by atoms with E-state index in [0.29, 0.717) is 21.2 Å². The van der Waals surface area contributed by atoms with Gasteiger partial charge in [0.05, 0.1) is 12.0 Å². The number of para-hydroxylation sites is 1. The summed E-state index contributed by atoms with van der Waals surface area (Å²) in [4.78, 5) is 10.9. The first-order chi connectivity index (χ1) is 12.4. The van der Waals surface area contributed by atoms with E-state index >= 15 is 0 Å². The number of phenols is 1. The Hall–Kier alpha value is -1.90. The van der Waals surface area contributed by atoms with Crippen LogP contribution in [-0.2, 0) is 0 Å². The Morgan fingerprint density at radius 2 is 1.92 bits per heavy atom. The van der Waals surface area contributed by atoms with Gasteiger partial charge in [-0.15, -0.1) is 0 Å². The molecule has 4 N–H and O–H groups in total. The van der Waals surface area contributed by atoms with Gasteiger partial charge in [0.1, 0.15) is 12.0 Å². The van der Waals surface area contributed by atoms with Crippen LogP contribution >= 0.6 is 23.2 Å². The van der Waals surface area contributed by atoms with Crippen LogP contribution in [0, 0.1) is 16.0 Å². The molecule has 0 saturated carbocycles. The lowest BCUT2D eigenvalue weighted by atomic mass is 9.78. The van der Waals surface area contributed by atoms with Crippen LogP contribution in [-0.4, -0.2) is 27.9 Å². The summed E-state index contributed by atoms with van der Waals surface area (Å²) < 4.78 is 0. The number of halogens is 2. The maximum atomic E-state index is 11.3. The molecule has 0 amide bonds. The molecule has 1 saturated heterocycles. The number of hydrogen-bond acceptors (Lipinski definition) is 6. The first-order valence-corrected chi connectivity index (χ1v) is 8.68. The SMILES string of the molecule is O=[N+]([O-])CC(c1ccc(Cl)cc1Cl)C1C(O)NNC1c1ccccc1O. The predicted molar refractivity (Wildman–Crippen MR) is 97.7 cm³/mol. The summed E-state index contributed by atoms with van der Waals surface area (Å²) >= 11 is 12.2. The normalized spacial score (nSPS) is 23.7. The second-order valence-electron chi connectivity index (χ2n) is 6.13. The number of benzene rings is 2. The fraction of sp³-hybridized carbons (Fsp3) is 0.294. The summed E-state index contributed by atoms with van der Waals surface area (Å²) in [7, 11) is 0. The van der Waals surface area contributed by atoms with Crippen LogP contribution < -0.4 is 10.9 Å². The van der Waals surface area contributed by atoms with Crippen LogP contribution in [0.5, 0.6) is 5.75 Å². The molecule has 1 heterocycles. The lowest BCUT2D eigenvalue weighted by molar-refractivity contribution is -0.485. The zero-order chi connectivity index (χ0) is 18.8. The van der Waals surface area contributed by atoms with Gasteiger partial charge in [-0.25, -0.2) is 10.9 Å². The van der Waals surface area contributed by atoms with Gasteiger partial charge in [0.15, 0.2) is 0 Å². The van der Waals surface area contributed by atoms with Gasteiger partial charge in [0.25, 0.3) is 0 Å². The Bertz CT molecular complexity index is 820. The highest BCUT2D eigenvalue weighted by Gasteiger charge is 2.45. The van der Waals surface area contributed by atoms with Crippen LogP contribution in [0.15, 0.2) is 42.5 Å². The highest BCUT2D eigenvalue weighted by Crippen LogP contribution is 2.43. The van der Waals surface area contributed by atoms with E-state index in [1.807, 2.05) is 0 Å². The molecule has 7 nitrogen and oxygen atoms in total. The highest BCUT2D eigenvalue weighted by atomic mass is 35.5. The molecule has 4 atom stereocenters. The van der Waals surface area contributed by atoms with E-state index in [-0.39, 0.29) is 5.75 Å². The molecule has 2 aromatic rings. The molecule has 0 radical (unpaired) electrons. The van der Waals surface area contributed by atoms with Gasteiger partial charge in [-0.05, 0) is 23.8 Å². The fourth-order valence-corrected chi connectivity index (χ4v) is 3.98. The monoisotopic (exact) mass is 397 g/mol. The Kier molecular flexibility index (Phi) is 5.64. The molecule has 3 rings (SSSR count). The number of rotatable bonds is 5. The van der Waals surface area contributed by atoms with Gasteiger partial charge in [-0.1, -0.05) is 47.5 Å². The Morgan fingerprint density at radius 3 is 2.58 bits per heavy atom. The zero-order valence-corrected chi connectivity index (χ0v) is 15.0. The van der Waals surface area contributed by atoms with Gasteiger partial charge in [0.2, 0.25) is 6.54 Å². The van der Waals surface area contributed by atoms with E-state index in [1.165, 1.54) is 12.1 Å². The highest BCUT2D eigenvalue weighted by molar-refractivity contribution is 6.35. The van der Waals surface area contributed by atoms with Crippen LogP contribution in [0.3, 0.4) is 0 Å². The summed E-state index contributed by atoms with van der Waals surface area (Å²) in [5.74, 6) is -1.32. The third kappa shape index (κ3) is 3.77. The summed E-state index contributed by atoms with van der Waals surface area (Å²) in [6, 6.07) is 10.8. The van der Waals surface area contributed by atoms with E-state index in [9.17, 15) is 20.3 Å². The van der Waals surface area contributed by atoms with Crippen LogP contribution in [0.4, 0.5) is 0 Å². The molecule has 1 aliphatic rings. The Balaban J connectivity index is 2.06. The molecule has 9 heteroatoms. The van der Waals surface area contributed by atoms with Crippen LogP contribution in [0.2, 0.25) is 10.0 Å². The molecule has 1 aliphatic heterocycles. The molecule has 26 heavy (non-hydrogen) atoms. The minimum atomic E-state index is -1.07. The maximum absolute atomic E-state index is 11.3. The van der Waals surface area contributed by atoms with Crippen molar-refractivity contribution in [2.24, 2.45) is 5.92 Å². The van der Waals surface area contributed by atoms with Gasteiger partial charge in [-0.2, -0.15) is 0 Å². The van der Waals surface area contributed by atoms with Crippen molar-refractivity contribution in [2.75, 3.05) is 6.54 Å². The van der Waals surface area contributed by atoms with Crippen molar-refractivity contribution in [3.63, 3.8) is 0 Å². The van der Waals surface area contributed by atoms with Crippen molar-refractivity contribution in [3.8, 4) is 5.75 Å². The standard InChI is InChI=1S/C17H17Cl2N3O4/c18-9-5-6-10(13(19)7-9)12(8-22(25)26)15-16(20-21-17(15)24)11-3-1-2-4-14(11)23/h1-7,12,15-17,20-21,23-24H,8H2. The Morgan fingerprint density at radius 1 is 1.19 bits per heavy atom. The average molecular weight is 398 g/mol. The number of aromatic hydroxyl groups is 1. The minimum Gasteiger partial charge on any atom is -0.508 e. The van der Waals surface area contributed by atoms with Crippen molar-refractivity contribution in [1.29, 1.82) is 0 Å². The van der Waals surface area contributed by atoms with Crippen LogP contribution in [0.1, 0.15) is 23.1 Å². The number of hydrogen-bond donors (Lipinski definition) is 4. The number of hydrazine groups is 1.